The van der Waals surface area contributed by atoms with Crippen LogP contribution in [0.5, 0.6) is 5.75 Å². The first-order chi connectivity index (χ1) is 16.0. The Kier molecular flexibility index (Phi) is 6.43. The summed E-state index contributed by atoms with van der Waals surface area (Å²) in [5.74, 6) is 0.591. The third-order valence-corrected chi connectivity index (χ3v) is 7.78. The number of ether oxygens (including phenoxy) is 2. The molecule has 5 atom stereocenters. The number of nitrogens with one attached hydrogen (secondary N) is 2. The van der Waals surface area contributed by atoms with Gasteiger partial charge in [-0.2, -0.15) is 0 Å². The van der Waals surface area contributed by atoms with E-state index >= 15 is 0 Å². The number of carbonyl (C=O) groups excluding carboxylic acids is 2. The average Bonchev–Trinajstić information content (AvgIpc) is 3.39. The summed E-state index contributed by atoms with van der Waals surface area (Å²) in [6.45, 7) is 4.28. The first kappa shape index (κ1) is 22.4. The van der Waals surface area contributed by atoms with Crippen LogP contribution < -0.4 is 15.4 Å². The number of rotatable bonds is 6. The van der Waals surface area contributed by atoms with Crippen LogP contribution in [0.1, 0.15) is 73.7 Å². The second kappa shape index (κ2) is 9.47. The minimum Gasteiger partial charge on any atom is -0.489 e. The van der Waals surface area contributed by atoms with Crippen LogP contribution in [0.2, 0.25) is 0 Å². The monoisotopic (exact) mass is 453 g/mol. The van der Waals surface area contributed by atoms with Gasteiger partial charge in [-0.15, -0.1) is 0 Å². The number of hydrogen-bond acceptors (Lipinski definition) is 5. The third kappa shape index (κ3) is 4.53. The number of carbonyl (C=O) groups is 2. The molecule has 2 aliphatic heterocycles. The standard InChI is InChI=1S/C26H35N3O4/c1-16-10-13-22(25(30)27-16)29-15-17-14-18(11-12-19(17)26(29)31)33-24-8-4-3-6-21(24)28-20-7-5-9-23(20)32-2/h11-12,14,20-24,28H,1,3-10,13,15H2,2H3,(H,27,30)/t20-,21+,22?,23-,24-/m0/s1. The van der Waals surface area contributed by atoms with E-state index in [0.29, 0.717) is 43.1 Å². The Hall–Kier alpha value is -2.38. The molecule has 0 radical (unpaired) electrons. The third-order valence-electron chi connectivity index (χ3n) is 7.78. The summed E-state index contributed by atoms with van der Waals surface area (Å²) in [7, 11) is 1.81. The number of benzene rings is 1. The van der Waals surface area contributed by atoms with E-state index in [2.05, 4.69) is 17.2 Å². The van der Waals surface area contributed by atoms with Gasteiger partial charge in [0.2, 0.25) is 5.91 Å². The summed E-state index contributed by atoms with van der Waals surface area (Å²) in [6.07, 6.45) is 9.71. The summed E-state index contributed by atoms with van der Waals surface area (Å²) in [6, 6.07) is 6.02. The number of hydrogen-bond donors (Lipinski definition) is 2. The van der Waals surface area contributed by atoms with Crippen molar-refractivity contribution in [3.8, 4) is 5.75 Å². The van der Waals surface area contributed by atoms with E-state index in [0.717, 1.165) is 42.7 Å². The highest BCUT2D eigenvalue weighted by Gasteiger charge is 2.39. The van der Waals surface area contributed by atoms with Crippen molar-refractivity contribution in [2.45, 2.75) is 94.7 Å². The predicted octanol–water partition coefficient (Wildman–Crippen LogP) is 3.28. The van der Waals surface area contributed by atoms with E-state index in [1.165, 1.54) is 19.3 Å². The lowest BCUT2D eigenvalue weighted by Crippen LogP contribution is -2.51. The second-order valence-corrected chi connectivity index (χ2v) is 9.92. The molecule has 33 heavy (non-hydrogen) atoms. The molecule has 4 aliphatic rings. The van der Waals surface area contributed by atoms with Gasteiger partial charge in [0.25, 0.3) is 5.91 Å². The molecular formula is C26H35N3O4. The molecule has 1 unspecified atom stereocenters. The molecule has 3 fully saturated rings. The van der Waals surface area contributed by atoms with Gasteiger partial charge < -0.3 is 25.0 Å². The van der Waals surface area contributed by atoms with Gasteiger partial charge in [0, 0.05) is 37.0 Å². The van der Waals surface area contributed by atoms with E-state index in [9.17, 15) is 9.59 Å². The molecule has 1 aromatic carbocycles. The van der Waals surface area contributed by atoms with Crippen molar-refractivity contribution in [1.82, 2.24) is 15.5 Å². The van der Waals surface area contributed by atoms with Crippen LogP contribution >= 0.6 is 0 Å². The topological polar surface area (TPSA) is 79.9 Å². The zero-order valence-electron chi connectivity index (χ0n) is 19.5. The molecule has 0 bridgehead atoms. The number of nitrogens with zero attached hydrogens (tertiary/aromatic N) is 1. The van der Waals surface area contributed by atoms with E-state index in [-0.39, 0.29) is 17.9 Å². The Bertz CT molecular complexity index is 932. The van der Waals surface area contributed by atoms with Gasteiger partial charge in [-0.3, -0.25) is 9.59 Å². The Morgan fingerprint density at radius 1 is 1.03 bits per heavy atom. The van der Waals surface area contributed by atoms with Crippen LogP contribution in [-0.4, -0.2) is 54.2 Å². The fourth-order valence-electron chi connectivity index (χ4n) is 5.98. The Morgan fingerprint density at radius 3 is 2.61 bits per heavy atom. The van der Waals surface area contributed by atoms with Gasteiger partial charge in [-0.25, -0.2) is 0 Å². The van der Waals surface area contributed by atoms with E-state index in [4.69, 9.17) is 9.47 Å². The maximum absolute atomic E-state index is 13.0. The number of piperidine rings is 1. The molecule has 0 aromatic heterocycles. The Labute approximate surface area is 195 Å². The zero-order valence-corrected chi connectivity index (χ0v) is 19.5. The number of fused-ring (bicyclic) bond motifs is 1. The molecule has 2 heterocycles. The van der Waals surface area contributed by atoms with Crippen molar-refractivity contribution in [2.24, 2.45) is 0 Å². The summed E-state index contributed by atoms with van der Waals surface area (Å²) in [4.78, 5) is 27.1. The van der Waals surface area contributed by atoms with Gasteiger partial charge in [0.1, 0.15) is 17.9 Å². The fraction of sp³-hybridized carbons (Fsp3) is 0.615. The first-order valence-corrected chi connectivity index (χ1v) is 12.4. The fourth-order valence-corrected chi connectivity index (χ4v) is 5.98. The summed E-state index contributed by atoms with van der Waals surface area (Å²) < 4.78 is 12.2. The quantitative estimate of drug-likeness (QED) is 0.691. The molecule has 1 aromatic rings. The van der Waals surface area contributed by atoms with Crippen LogP contribution in [0.4, 0.5) is 0 Å². The van der Waals surface area contributed by atoms with Gasteiger partial charge in [0.15, 0.2) is 0 Å². The van der Waals surface area contributed by atoms with Crippen molar-refractivity contribution in [1.29, 1.82) is 0 Å². The SMILES string of the molecule is C=C1CCC(N2Cc3cc(O[C@H]4CCCC[C@H]4N[C@H]4CCC[C@@H]4OC)ccc3C2=O)C(=O)N1. The Morgan fingerprint density at radius 2 is 1.79 bits per heavy atom. The molecule has 178 valence electrons. The summed E-state index contributed by atoms with van der Waals surface area (Å²) >= 11 is 0. The largest absolute Gasteiger partial charge is 0.489 e. The maximum atomic E-state index is 13.0. The molecule has 7 nitrogen and oxygen atoms in total. The minimum absolute atomic E-state index is 0.0757. The van der Waals surface area contributed by atoms with E-state index in [1.807, 2.05) is 25.3 Å². The lowest BCUT2D eigenvalue weighted by molar-refractivity contribution is -0.126. The van der Waals surface area contributed by atoms with Crippen molar-refractivity contribution in [2.75, 3.05) is 7.11 Å². The van der Waals surface area contributed by atoms with Gasteiger partial charge in [-0.1, -0.05) is 13.0 Å². The van der Waals surface area contributed by atoms with Crippen LogP contribution in [0.3, 0.4) is 0 Å². The van der Waals surface area contributed by atoms with Crippen LogP contribution in [-0.2, 0) is 16.1 Å². The zero-order chi connectivity index (χ0) is 22.9. The first-order valence-electron chi connectivity index (χ1n) is 12.4. The molecular weight excluding hydrogens is 418 g/mol. The molecule has 7 heteroatoms. The second-order valence-electron chi connectivity index (χ2n) is 9.92. The lowest BCUT2D eigenvalue weighted by atomic mass is 9.91. The van der Waals surface area contributed by atoms with Crippen molar-refractivity contribution < 1.29 is 19.1 Å². The average molecular weight is 454 g/mol. The van der Waals surface area contributed by atoms with Crippen LogP contribution in [0.25, 0.3) is 0 Å². The highest BCUT2D eigenvalue weighted by Crippen LogP contribution is 2.33. The molecule has 2 saturated carbocycles. The summed E-state index contributed by atoms with van der Waals surface area (Å²) in [5.41, 5.74) is 2.33. The highest BCUT2D eigenvalue weighted by molar-refractivity contribution is 6.01. The maximum Gasteiger partial charge on any atom is 0.255 e. The van der Waals surface area contributed by atoms with Gasteiger partial charge in [-0.05, 0) is 75.1 Å². The van der Waals surface area contributed by atoms with E-state index in [1.54, 1.807) is 4.90 Å². The molecule has 2 N–H and O–H groups in total. The Balaban J connectivity index is 1.26. The number of amides is 2. The predicted molar refractivity (Wildman–Crippen MR) is 125 cm³/mol. The van der Waals surface area contributed by atoms with Crippen molar-refractivity contribution in [3.63, 3.8) is 0 Å². The smallest absolute Gasteiger partial charge is 0.255 e. The highest BCUT2D eigenvalue weighted by atomic mass is 16.5. The lowest BCUT2D eigenvalue weighted by Gasteiger charge is -2.35. The number of methoxy groups -OCH3 is 1. The van der Waals surface area contributed by atoms with Gasteiger partial charge >= 0.3 is 0 Å². The molecule has 1 saturated heterocycles. The van der Waals surface area contributed by atoms with Gasteiger partial charge in [0.05, 0.1) is 6.10 Å². The van der Waals surface area contributed by atoms with Crippen molar-refractivity contribution >= 4 is 11.8 Å². The summed E-state index contributed by atoms with van der Waals surface area (Å²) in [5, 5.41) is 6.64. The van der Waals surface area contributed by atoms with E-state index < -0.39 is 6.04 Å². The van der Waals surface area contributed by atoms with Crippen LogP contribution in [0, 0.1) is 0 Å². The minimum atomic E-state index is -0.438. The number of allylic oxidation sites excluding steroid dienone is 1. The normalized spacial score (nSPS) is 32.1. The molecule has 2 aliphatic carbocycles. The van der Waals surface area contributed by atoms with Crippen molar-refractivity contribution in [3.05, 3.63) is 41.6 Å². The molecule has 5 rings (SSSR count). The molecule has 0 spiro atoms. The molecule has 2 amide bonds. The van der Waals surface area contributed by atoms with Crippen LogP contribution in [0.15, 0.2) is 30.5 Å².